The van der Waals surface area contributed by atoms with E-state index in [1.54, 1.807) is 111 Å². The fourth-order valence-corrected chi connectivity index (χ4v) is 12.6. The molecule has 0 radical (unpaired) electrons. The molecule has 0 saturated carbocycles. The molecule has 4 rings (SSSR count). The number of benzene rings is 4. The summed E-state index contributed by atoms with van der Waals surface area (Å²) >= 11 is 0. The maximum absolute atomic E-state index is 14.1. The van der Waals surface area contributed by atoms with Crippen LogP contribution in [-0.4, -0.2) is 103 Å². The summed E-state index contributed by atoms with van der Waals surface area (Å²) in [5.41, 5.74) is 3.69. The molecule has 324 valence electrons. The lowest BCUT2D eigenvalue weighted by atomic mass is 10.2. The lowest BCUT2D eigenvalue weighted by Crippen LogP contribution is -2.38. The Morgan fingerprint density at radius 1 is 0.305 bits per heavy atom. The van der Waals surface area contributed by atoms with Crippen LogP contribution in [0.1, 0.15) is 68.2 Å². The van der Waals surface area contributed by atoms with Crippen LogP contribution in [0.5, 0.6) is 0 Å². The molecular formula is C43H60N4O8S4. The summed E-state index contributed by atoms with van der Waals surface area (Å²) in [4.78, 5) is 0.637. The molecule has 0 N–H and O–H groups in total. The second-order valence-corrected chi connectivity index (χ2v) is 22.6. The van der Waals surface area contributed by atoms with Crippen molar-refractivity contribution < 1.29 is 33.7 Å². The molecule has 0 aliphatic carbocycles. The average molecular weight is 889 g/mol. The van der Waals surface area contributed by atoms with Gasteiger partial charge in [0, 0.05) is 52.4 Å². The van der Waals surface area contributed by atoms with Gasteiger partial charge in [0.25, 0.3) is 0 Å². The van der Waals surface area contributed by atoms with E-state index in [0.717, 1.165) is 22.3 Å². The minimum atomic E-state index is -3.99. The van der Waals surface area contributed by atoms with Gasteiger partial charge in [-0.05, 0) is 108 Å². The Kier molecular flexibility index (Phi) is 17.4. The highest BCUT2D eigenvalue weighted by Crippen LogP contribution is 2.23. The van der Waals surface area contributed by atoms with Gasteiger partial charge in [-0.1, -0.05) is 84.6 Å². The number of hydrogen-bond acceptors (Lipinski definition) is 8. The van der Waals surface area contributed by atoms with Gasteiger partial charge in [-0.25, -0.2) is 33.7 Å². The van der Waals surface area contributed by atoms with E-state index in [-0.39, 0.29) is 78.4 Å². The average Bonchev–Trinajstić information content (AvgIpc) is 3.19. The van der Waals surface area contributed by atoms with E-state index in [4.69, 9.17) is 0 Å². The molecule has 0 aromatic heterocycles. The highest BCUT2D eigenvalue weighted by Gasteiger charge is 2.29. The van der Waals surface area contributed by atoms with E-state index in [1.165, 1.54) is 17.2 Å². The fraction of sp³-hybridized carbons (Fsp3) is 0.442. The third-order valence-corrected chi connectivity index (χ3v) is 18.1. The van der Waals surface area contributed by atoms with E-state index in [0.29, 0.717) is 25.7 Å². The first kappa shape index (κ1) is 48.2. The third kappa shape index (κ3) is 12.8. The minimum absolute atomic E-state index is 0.0215. The molecule has 0 unspecified atom stereocenters. The normalized spacial score (nSPS) is 12.9. The van der Waals surface area contributed by atoms with E-state index in [2.05, 4.69) is 0 Å². The Morgan fingerprint density at radius 2 is 0.492 bits per heavy atom. The summed E-state index contributed by atoms with van der Waals surface area (Å²) in [7, 11) is -15.5. The molecule has 0 fully saturated rings. The summed E-state index contributed by atoms with van der Waals surface area (Å²) in [5, 5.41) is 0. The number of aryl methyl sites for hydroxylation is 4. The zero-order valence-electron chi connectivity index (χ0n) is 35.1. The second-order valence-electron chi connectivity index (χ2n) is 14.8. The van der Waals surface area contributed by atoms with Crippen LogP contribution in [0.2, 0.25) is 0 Å². The first-order valence-corrected chi connectivity index (χ1v) is 25.9. The van der Waals surface area contributed by atoms with Gasteiger partial charge in [-0.2, -0.15) is 17.2 Å². The van der Waals surface area contributed by atoms with Gasteiger partial charge in [-0.3, -0.25) is 0 Å². The molecule has 0 amide bonds. The lowest BCUT2D eigenvalue weighted by Gasteiger charge is -2.26. The van der Waals surface area contributed by atoms with Gasteiger partial charge in [-0.15, -0.1) is 0 Å². The zero-order valence-corrected chi connectivity index (χ0v) is 38.4. The topological polar surface area (TPSA) is 150 Å². The predicted octanol–water partition coefficient (Wildman–Crippen LogP) is 6.97. The molecule has 0 bridgehead atoms. The van der Waals surface area contributed by atoms with Gasteiger partial charge in [0.15, 0.2) is 0 Å². The van der Waals surface area contributed by atoms with Gasteiger partial charge < -0.3 is 0 Å². The largest absolute Gasteiger partial charge is 0.243 e. The van der Waals surface area contributed by atoms with Gasteiger partial charge in [0.1, 0.15) is 0 Å². The van der Waals surface area contributed by atoms with Crippen LogP contribution in [0.3, 0.4) is 0 Å². The van der Waals surface area contributed by atoms with Crippen molar-refractivity contribution in [3.63, 3.8) is 0 Å². The lowest BCUT2D eigenvalue weighted by molar-refractivity contribution is 0.338. The van der Waals surface area contributed by atoms with Crippen molar-refractivity contribution in [2.24, 2.45) is 0 Å². The van der Waals surface area contributed by atoms with Crippen molar-refractivity contribution in [3.8, 4) is 0 Å². The molecule has 4 aromatic rings. The third-order valence-electron chi connectivity index (χ3n) is 10.3. The molecule has 59 heavy (non-hydrogen) atoms. The number of hydrogen-bond donors (Lipinski definition) is 0. The van der Waals surface area contributed by atoms with Crippen molar-refractivity contribution in [1.29, 1.82) is 0 Å². The van der Waals surface area contributed by atoms with Gasteiger partial charge in [0.05, 0.1) is 19.6 Å². The molecule has 16 heteroatoms. The molecule has 0 heterocycles. The maximum atomic E-state index is 14.1. The highest BCUT2D eigenvalue weighted by atomic mass is 32.2. The van der Waals surface area contributed by atoms with E-state index in [1.807, 2.05) is 27.7 Å². The molecule has 0 aliphatic rings. The molecule has 0 spiro atoms. The first-order valence-electron chi connectivity index (χ1n) is 20.1. The predicted molar refractivity (Wildman–Crippen MR) is 234 cm³/mol. The number of sulfonamides is 4. The molecule has 0 atom stereocenters. The SMILES string of the molecule is CCN(CCCCN(CCCN(CCCCN(CC)S(=O)(=O)c1ccc(C)cc1)S(=O)(=O)c1ccc(C)cc1)S(=O)(=O)c1ccc(C)cc1)S(=O)(=O)c1ccc(C)cc1. The summed E-state index contributed by atoms with van der Waals surface area (Å²) < 4.78 is 115. The number of nitrogens with zero attached hydrogens (tertiary/aromatic N) is 4. The second kappa shape index (κ2) is 21.4. The molecular weight excluding hydrogens is 829 g/mol. The zero-order chi connectivity index (χ0) is 43.4. The van der Waals surface area contributed by atoms with Gasteiger partial charge >= 0.3 is 0 Å². The number of unbranched alkanes of at least 4 members (excludes halogenated alkanes) is 2. The van der Waals surface area contributed by atoms with Crippen LogP contribution in [0.15, 0.2) is 117 Å². The van der Waals surface area contributed by atoms with E-state index >= 15 is 0 Å². The van der Waals surface area contributed by atoms with Crippen LogP contribution in [0.4, 0.5) is 0 Å². The number of rotatable bonds is 24. The Bertz CT molecular complexity index is 2220. The Morgan fingerprint density at radius 3 is 0.712 bits per heavy atom. The minimum Gasteiger partial charge on any atom is -0.207 e. The summed E-state index contributed by atoms with van der Waals surface area (Å²) in [6.45, 7) is 12.2. The maximum Gasteiger partial charge on any atom is 0.243 e. The first-order chi connectivity index (χ1) is 27.8. The molecule has 4 aromatic carbocycles. The van der Waals surface area contributed by atoms with Crippen LogP contribution < -0.4 is 0 Å². The summed E-state index contributed by atoms with van der Waals surface area (Å²) in [6, 6.07) is 26.5. The van der Waals surface area contributed by atoms with Crippen molar-refractivity contribution in [2.45, 2.75) is 93.2 Å². The smallest absolute Gasteiger partial charge is 0.207 e. The Balaban J connectivity index is 1.49. The van der Waals surface area contributed by atoms with E-state index in [9.17, 15) is 33.7 Å². The van der Waals surface area contributed by atoms with Crippen molar-refractivity contribution in [3.05, 3.63) is 119 Å². The molecule has 0 saturated heterocycles. The standard InChI is InChI=1S/C43H60N4O8S4/c1-7-44(56(48,49)40-22-14-36(3)15-23-40)30-9-11-32-46(58(52,53)42-26-18-38(5)19-27-42)34-13-35-47(59(54,55)43-28-20-39(6)21-29-43)33-12-10-31-45(8-2)57(50,51)41-24-16-37(4)17-25-41/h14-29H,7-13,30-35H2,1-6H3. The highest BCUT2D eigenvalue weighted by molar-refractivity contribution is 7.90. The Hall–Kier alpha value is -3.48. The van der Waals surface area contributed by atoms with Crippen LogP contribution in [-0.2, 0) is 40.1 Å². The molecule has 0 aliphatic heterocycles. The Labute approximate surface area is 354 Å². The summed E-state index contributed by atoms with van der Waals surface area (Å²) in [5.74, 6) is 0. The van der Waals surface area contributed by atoms with Crippen molar-refractivity contribution in [2.75, 3.05) is 52.4 Å². The van der Waals surface area contributed by atoms with Crippen molar-refractivity contribution in [1.82, 2.24) is 17.2 Å². The van der Waals surface area contributed by atoms with Crippen LogP contribution >= 0.6 is 0 Å². The summed E-state index contributed by atoms with van der Waals surface area (Å²) in [6.07, 6.45) is 1.73. The fourth-order valence-electron chi connectivity index (χ4n) is 6.61. The molecule has 12 nitrogen and oxygen atoms in total. The van der Waals surface area contributed by atoms with E-state index < -0.39 is 40.1 Å². The van der Waals surface area contributed by atoms with Crippen molar-refractivity contribution >= 4 is 40.1 Å². The van der Waals surface area contributed by atoms with Crippen LogP contribution in [0, 0.1) is 27.7 Å². The van der Waals surface area contributed by atoms with Gasteiger partial charge in [0.2, 0.25) is 40.1 Å². The quantitative estimate of drug-likeness (QED) is 0.0685. The monoisotopic (exact) mass is 888 g/mol. The van der Waals surface area contributed by atoms with Crippen LogP contribution in [0.25, 0.3) is 0 Å².